The molecule has 0 fully saturated rings. The molecule has 0 spiro atoms. The van der Waals surface area contributed by atoms with Gasteiger partial charge in [0.1, 0.15) is 4.90 Å². The van der Waals surface area contributed by atoms with Gasteiger partial charge in [-0.25, -0.2) is 8.42 Å². The molecule has 0 amide bonds. The highest BCUT2D eigenvalue weighted by Crippen LogP contribution is 2.37. The van der Waals surface area contributed by atoms with Gasteiger partial charge in [-0.2, -0.15) is 9.40 Å². The van der Waals surface area contributed by atoms with Crippen molar-refractivity contribution in [2.24, 2.45) is 0 Å². The number of methoxy groups -OCH3 is 2. The molecule has 8 heteroatoms. The first-order valence-corrected chi connectivity index (χ1v) is 9.50. The molecule has 0 saturated heterocycles. The van der Waals surface area contributed by atoms with Crippen LogP contribution in [0.4, 0.5) is 0 Å². The largest absolute Gasteiger partial charge is 0.493 e. The Morgan fingerprint density at radius 1 is 1.16 bits per heavy atom. The molecule has 1 aromatic carbocycles. The van der Waals surface area contributed by atoms with Crippen LogP contribution in [0.25, 0.3) is 0 Å². The minimum absolute atomic E-state index is 0.163. The number of hydrogen-bond donors (Lipinski definition) is 1. The number of fused-ring (bicyclic) bond motifs is 1. The molecule has 25 heavy (non-hydrogen) atoms. The standard InChI is InChI=1S/C17H23N3O4S/c1-10-6-13-7-15(23-4)16(24-5)8-14(13)9-20(10)25(21,22)17-11(2)18-19-12(17)3/h7-8,10H,6,9H2,1-5H3,(H,18,19). The Hall–Kier alpha value is -2.06. The lowest BCUT2D eigenvalue weighted by Crippen LogP contribution is -2.42. The Labute approximate surface area is 148 Å². The average molecular weight is 365 g/mol. The first-order valence-electron chi connectivity index (χ1n) is 8.06. The van der Waals surface area contributed by atoms with E-state index in [0.29, 0.717) is 35.9 Å². The van der Waals surface area contributed by atoms with Gasteiger partial charge in [0.05, 0.1) is 25.6 Å². The van der Waals surface area contributed by atoms with E-state index in [1.54, 1.807) is 28.1 Å². The Morgan fingerprint density at radius 2 is 1.76 bits per heavy atom. The molecular formula is C17H23N3O4S. The number of nitrogens with zero attached hydrogens (tertiary/aromatic N) is 2. The van der Waals surface area contributed by atoms with E-state index in [9.17, 15) is 8.42 Å². The zero-order valence-corrected chi connectivity index (χ0v) is 15.9. The molecule has 0 saturated carbocycles. The number of hydrogen-bond acceptors (Lipinski definition) is 5. The van der Waals surface area contributed by atoms with Crippen molar-refractivity contribution in [3.63, 3.8) is 0 Å². The van der Waals surface area contributed by atoms with E-state index in [2.05, 4.69) is 10.2 Å². The van der Waals surface area contributed by atoms with Crippen LogP contribution in [0, 0.1) is 13.8 Å². The van der Waals surface area contributed by atoms with E-state index in [-0.39, 0.29) is 10.9 Å². The van der Waals surface area contributed by atoms with E-state index < -0.39 is 10.0 Å². The number of aromatic nitrogens is 2. The molecule has 136 valence electrons. The van der Waals surface area contributed by atoms with E-state index in [1.807, 2.05) is 19.1 Å². The molecule has 1 N–H and O–H groups in total. The van der Waals surface area contributed by atoms with Gasteiger partial charge in [-0.15, -0.1) is 0 Å². The Kier molecular flexibility index (Phi) is 4.51. The maximum Gasteiger partial charge on any atom is 0.247 e. The minimum atomic E-state index is -3.64. The number of benzene rings is 1. The smallest absolute Gasteiger partial charge is 0.247 e. The third-order valence-electron chi connectivity index (χ3n) is 4.67. The topological polar surface area (TPSA) is 84.5 Å². The fraction of sp³-hybridized carbons (Fsp3) is 0.471. The average Bonchev–Trinajstić information content (AvgIpc) is 2.92. The highest BCUT2D eigenvalue weighted by atomic mass is 32.2. The lowest BCUT2D eigenvalue weighted by atomic mass is 9.96. The summed E-state index contributed by atoms with van der Waals surface area (Å²) in [5, 5.41) is 6.79. The first-order chi connectivity index (χ1) is 11.8. The first kappa shape index (κ1) is 17.8. The number of ether oxygens (including phenoxy) is 2. The van der Waals surface area contributed by atoms with Crippen molar-refractivity contribution in [1.82, 2.24) is 14.5 Å². The van der Waals surface area contributed by atoms with Crippen LogP contribution in [0.1, 0.15) is 29.4 Å². The maximum absolute atomic E-state index is 13.2. The molecule has 1 aromatic heterocycles. The van der Waals surface area contributed by atoms with Crippen molar-refractivity contribution in [2.45, 2.75) is 44.7 Å². The van der Waals surface area contributed by atoms with Crippen LogP contribution in [0.3, 0.4) is 0 Å². The zero-order chi connectivity index (χ0) is 18.4. The quantitative estimate of drug-likeness (QED) is 0.898. The van der Waals surface area contributed by atoms with E-state index in [4.69, 9.17) is 9.47 Å². The molecule has 1 aliphatic rings. The molecule has 3 rings (SSSR count). The van der Waals surface area contributed by atoms with Crippen molar-refractivity contribution in [2.75, 3.05) is 14.2 Å². The minimum Gasteiger partial charge on any atom is -0.493 e. The Morgan fingerprint density at radius 3 is 2.28 bits per heavy atom. The van der Waals surface area contributed by atoms with Gasteiger partial charge in [-0.1, -0.05) is 0 Å². The third-order valence-corrected chi connectivity index (χ3v) is 6.89. The summed E-state index contributed by atoms with van der Waals surface area (Å²) in [7, 11) is -0.473. The lowest BCUT2D eigenvalue weighted by Gasteiger charge is -2.34. The van der Waals surface area contributed by atoms with Crippen LogP contribution in [0.5, 0.6) is 11.5 Å². The maximum atomic E-state index is 13.2. The molecule has 1 atom stereocenters. The van der Waals surface area contributed by atoms with Crippen molar-refractivity contribution >= 4 is 10.0 Å². The SMILES string of the molecule is COc1cc2c(cc1OC)CN(S(=O)(=O)c1c(C)n[nH]c1C)C(C)C2. The Balaban J connectivity index is 2.04. The van der Waals surface area contributed by atoms with Crippen LogP contribution in [-0.2, 0) is 23.0 Å². The van der Waals surface area contributed by atoms with Gasteiger partial charge in [0.25, 0.3) is 0 Å². The second kappa shape index (κ2) is 6.34. The zero-order valence-electron chi connectivity index (χ0n) is 15.1. The number of rotatable bonds is 4. The summed E-state index contributed by atoms with van der Waals surface area (Å²) in [5.41, 5.74) is 3.06. The number of aromatic amines is 1. The van der Waals surface area contributed by atoms with E-state index in [1.165, 1.54) is 4.31 Å². The van der Waals surface area contributed by atoms with Gasteiger partial charge in [0.15, 0.2) is 11.5 Å². The van der Waals surface area contributed by atoms with Crippen LogP contribution >= 0.6 is 0 Å². The fourth-order valence-corrected chi connectivity index (χ4v) is 5.35. The van der Waals surface area contributed by atoms with Crippen LogP contribution in [0.15, 0.2) is 17.0 Å². The highest BCUT2D eigenvalue weighted by molar-refractivity contribution is 7.89. The molecule has 1 aliphatic heterocycles. The van der Waals surface area contributed by atoms with Crippen molar-refractivity contribution in [3.8, 4) is 11.5 Å². The molecule has 0 radical (unpaired) electrons. The molecule has 2 heterocycles. The second-order valence-electron chi connectivity index (χ2n) is 6.34. The van der Waals surface area contributed by atoms with Gasteiger partial charge >= 0.3 is 0 Å². The molecule has 0 bridgehead atoms. The molecule has 1 unspecified atom stereocenters. The third kappa shape index (κ3) is 2.89. The summed E-state index contributed by atoms with van der Waals surface area (Å²) >= 11 is 0. The summed E-state index contributed by atoms with van der Waals surface area (Å²) in [6.45, 7) is 5.64. The summed E-state index contributed by atoms with van der Waals surface area (Å²) in [4.78, 5) is 0.267. The number of nitrogens with one attached hydrogen (secondary N) is 1. The monoisotopic (exact) mass is 365 g/mol. The molecule has 0 aliphatic carbocycles. The van der Waals surface area contributed by atoms with Gasteiger partial charge in [-0.3, -0.25) is 5.10 Å². The number of aryl methyl sites for hydroxylation is 2. The number of H-pyrrole nitrogens is 1. The van der Waals surface area contributed by atoms with Crippen LogP contribution in [0.2, 0.25) is 0 Å². The van der Waals surface area contributed by atoms with Gasteiger partial charge in [0, 0.05) is 12.6 Å². The van der Waals surface area contributed by atoms with Gasteiger partial charge in [-0.05, 0) is 50.5 Å². The van der Waals surface area contributed by atoms with Gasteiger partial charge < -0.3 is 9.47 Å². The van der Waals surface area contributed by atoms with Crippen molar-refractivity contribution in [1.29, 1.82) is 0 Å². The van der Waals surface area contributed by atoms with Crippen molar-refractivity contribution < 1.29 is 17.9 Å². The second-order valence-corrected chi connectivity index (χ2v) is 8.17. The van der Waals surface area contributed by atoms with E-state index >= 15 is 0 Å². The Bertz CT molecular complexity index is 885. The van der Waals surface area contributed by atoms with E-state index in [0.717, 1.165) is 11.1 Å². The predicted octanol–water partition coefficient (Wildman–Crippen LogP) is 2.18. The lowest BCUT2D eigenvalue weighted by molar-refractivity contribution is 0.304. The highest BCUT2D eigenvalue weighted by Gasteiger charge is 2.36. The van der Waals surface area contributed by atoms with Gasteiger partial charge in [0.2, 0.25) is 10.0 Å². The number of sulfonamides is 1. The summed E-state index contributed by atoms with van der Waals surface area (Å²) in [6, 6.07) is 3.63. The summed E-state index contributed by atoms with van der Waals surface area (Å²) in [5.74, 6) is 1.26. The molecular weight excluding hydrogens is 342 g/mol. The summed E-state index contributed by atoms with van der Waals surface area (Å²) < 4.78 is 38.6. The predicted molar refractivity (Wildman–Crippen MR) is 93.5 cm³/mol. The fourth-order valence-electron chi connectivity index (χ4n) is 3.40. The summed E-state index contributed by atoms with van der Waals surface area (Å²) in [6.07, 6.45) is 0.616. The molecule has 2 aromatic rings. The van der Waals surface area contributed by atoms with Crippen LogP contribution < -0.4 is 9.47 Å². The molecule has 7 nitrogen and oxygen atoms in total. The van der Waals surface area contributed by atoms with Crippen molar-refractivity contribution in [3.05, 3.63) is 34.6 Å². The normalized spacial score (nSPS) is 18.0. The van der Waals surface area contributed by atoms with Crippen LogP contribution in [-0.4, -0.2) is 43.2 Å².